The van der Waals surface area contributed by atoms with Gasteiger partial charge in [0.2, 0.25) is 5.91 Å². The molecule has 1 aliphatic rings. The number of halogens is 1. The Bertz CT molecular complexity index is 874. The summed E-state index contributed by atoms with van der Waals surface area (Å²) in [7, 11) is 0. The number of hydrogen-bond donors (Lipinski definition) is 1. The van der Waals surface area contributed by atoms with E-state index in [1.54, 1.807) is 35.5 Å². The van der Waals surface area contributed by atoms with Gasteiger partial charge in [0.25, 0.3) is 5.91 Å². The maximum absolute atomic E-state index is 13.8. The van der Waals surface area contributed by atoms with Gasteiger partial charge in [-0.3, -0.25) is 14.6 Å². The number of carbonyl (C=O) groups is 2. The zero-order valence-corrected chi connectivity index (χ0v) is 17.8. The standard InChI is InChI=1S/C22H27ClN4O2/c1-21(2,3)22(20(24)29,16-7-6-12-25-14-16)27(17-8-4-5-9-17)19(28)15-10-11-18(23)26-13-15/h6-7,10-14,17H,4-5,8-9H2,1-3H3,(H2,24,29). The molecule has 1 fully saturated rings. The summed E-state index contributed by atoms with van der Waals surface area (Å²) in [6.45, 7) is 5.79. The lowest BCUT2D eigenvalue weighted by atomic mass is 9.67. The summed E-state index contributed by atoms with van der Waals surface area (Å²) in [6.07, 6.45) is 8.35. The predicted octanol–water partition coefficient (Wildman–Crippen LogP) is 3.94. The van der Waals surface area contributed by atoms with Crippen LogP contribution in [-0.4, -0.2) is 32.7 Å². The molecule has 1 unspecified atom stereocenters. The third-order valence-corrected chi connectivity index (χ3v) is 5.99. The van der Waals surface area contributed by atoms with E-state index >= 15 is 0 Å². The Morgan fingerprint density at radius 1 is 1.14 bits per heavy atom. The molecule has 0 saturated heterocycles. The van der Waals surface area contributed by atoms with Crippen molar-refractivity contribution in [1.29, 1.82) is 0 Å². The van der Waals surface area contributed by atoms with Crippen molar-refractivity contribution in [1.82, 2.24) is 14.9 Å². The maximum Gasteiger partial charge on any atom is 0.256 e. The minimum absolute atomic E-state index is 0.106. The summed E-state index contributed by atoms with van der Waals surface area (Å²) >= 11 is 5.91. The van der Waals surface area contributed by atoms with Gasteiger partial charge in [0.05, 0.1) is 5.56 Å². The highest BCUT2D eigenvalue weighted by molar-refractivity contribution is 6.29. The molecule has 2 heterocycles. The summed E-state index contributed by atoms with van der Waals surface area (Å²) in [6, 6.07) is 6.69. The number of amides is 2. The lowest BCUT2D eigenvalue weighted by Crippen LogP contribution is -2.66. The predicted molar refractivity (Wildman–Crippen MR) is 112 cm³/mol. The molecule has 6 nitrogen and oxygen atoms in total. The summed E-state index contributed by atoms with van der Waals surface area (Å²) < 4.78 is 0. The van der Waals surface area contributed by atoms with Crippen LogP contribution in [0.3, 0.4) is 0 Å². The molecule has 1 atom stereocenters. The number of nitrogens with two attached hydrogens (primary N) is 1. The molecule has 2 aromatic heterocycles. The number of primary amides is 1. The highest BCUT2D eigenvalue weighted by atomic mass is 35.5. The van der Waals surface area contributed by atoms with E-state index in [9.17, 15) is 9.59 Å². The van der Waals surface area contributed by atoms with Gasteiger partial charge in [-0.15, -0.1) is 0 Å². The fourth-order valence-corrected chi connectivity index (χ4v) is 4.65. The number of aromatic nitrogens is 2. The molecule has 1 saturated carbocycles. The van der Waals surface area contributed by atoms with E-state index in [1.165, 1.54) is 6.20 Å². The van der Waals surface area contributed by atoms with Crippen molar-refractivity contribution in [2.45, 2.75) is 58.0 Å². The molecule has 1 aliphatic carbocycles. The van der Waals surface area contributed by atoms with E-state index in [0.29, 0.717) is 16.3 Å². The lowest BCUT2D eigenvalue weighted by molar-refractivity contribution is -0.139. The first-order valence-electron chi connectivity index (χ1n) is 9.85. The van der Waals surface area contributed by atoms with Crippen LogP contribution >= 0.6 is 11.6 Å². The van der Waals surface area contributed by atoms with E-state index in [0.717, 1.165) is 25.7 Å². The Hall–Kier alpha value is -2.47. The Morgan fingerprint density at radius 3 is 2.31 bits per heavy atom. The first-order chi connectivity index (χ1) is 13.7. The van der Waals surface area contributed by atoms with Crippen molar-refractivity contribution >= 4 is 23.4 Å². The topological polar surface area (TPSA) is 89.2 Å². The average Bonchev–Trinajstić information content (AvgIpc) is 3.19. The molecule has 0 aliphatic heterocycles. The van der Waals surface area contributed by atoms with Crippen LogP contribution in [0.1, 0.15) is 62.4 Å². The van der Waals surface area contributed by atoms with Crippen LogP contribution in [-0.2, 0) is 10.3 Å². The lowest BCUT2D eigenvalue weighted by Gasteiger charge is -2.52. The Balaban J connectivity index is 2.27. The van der Waals surface area contributed by atoms with Crippen LogP contribution in [0.25, 0.3) is 0 Å². The number of pyridine rings is 2. The summed E-state index contributed by atoms with van der Waals surface area (Å²) in [5.41, 5.74) is 5.04. The molecule has 2 aromatic rings. The Kier molecular flexibility index (Phi) is 5.94. The average molecular weight is 415 g/mol. The number of hydrogen-bond acceptors (Lipinski definition) is 4. The van der Waals surface area contributed by atoms with Crippen molar-refractivity contribution in [3.63, 3.8) is 0 Å². The summed E-state index contributed by atoms with van der Waals surface area (Å²) in [5.74, 6) is -0.848. The number of rotatable bonds is 5. The van der Waals surface area contributed by atoms with Gasteiger partial charge < -0.3 is 10.6 Å². The summed E-state index contributed by atoms with van der Waals surface area (Å²) in [5, 5.41) is 0.304. The van der Waals surface area contributed by atoms with E-state index in [2.05, 4.69) is 9.97 Å². The Morgan fingerprint density at radius 2 is 1.83 bits per heavy atom. The number of carbonyl (C=O) groups excluding carboxylic acids is 2. The molecular weight excluding hydrogens is 388 g/mol. The monoisotopic (exact) mass is 414 g/mol. The van der Waals surface area contributed by atoms with Gasteiger partial charge >= 0.3 is 0 Å². The Labute approximate surface area is 176 Å². The fourth-order valence-electron chi connectivity index (χ4n) is 4.54. The third kappa shape index (κ3) is 3.73. The first-order valence-corrected chi connectivity index (χ1v) is 10.2. The minimum atomic E-state index is -1.37. The van der Waals surface area contributed by atoms with Crippen molar-refractivity contribution in [2.75, 3.05) is 0 Å². The zero-order chi connectivity index (χ0) is 21.2. The minimum Gasteiger partial charge on any atom is -0.367 e. The van der Waals surface area contributed by atoms with E-state index < -0.39 is 16.9 Å². The number of nitrogens with zero attached hydrogens (tertiary/aromatic N) is 3. The molecule has 7 heteroatoms. The van der Waals surface area contributed by atoms with Crippen LogP contribution < -0.4 is 5.73 Å². The molecule has 154 valence electrons. The van der Waals surface area contributed by atoms with Crippen molar-refractivity contribution in [3.05, 3.63) is 59.1 Å². The SMILES string of the molecule is CC(C)(C)C(C(N)=O)(c1cccnc1)N(C(=O)c1ccc(Cl)nc1)C1CCCC1. The van der Waals surface area contributed by atoms with Gasteiger partial charge in [-0.25, -0.2) is 4.98 Å². The van der Waals surface area contributed by atoms with Crippen molar-refractivity contribution in [3.8, 4) is 0 Å². The van der Waals surface area contributed by atoms with Crippen LogP contribution in [0.15, 0.2) is 42.9 Å². The fraction of sp³-hybridized carbons (Fsp3) is 0.455. The van der Waals surface area contributed by atoms with Gasteiger partial charge in [0.15, 0.2) is 5.54 Å². The van der Waals surface area contributed by atoms with Crippen LogP contribution in [0.2, 0.25) is 5.15 Å². The van der Waals surface area contributed by atoms with E-state index in [-0.39, 0.29) is 11.9 Å². The largest absolute Gasteiger partial charge is 0.367 e. The second-order valence-electron chi connectivity index (χ2n) is 8.55. The molecule has 2 N–H and O–H groups in total. The first kappa shape index (κ1) is 21.2. The zero-order valence-electron chi connectivity index (χ0n) is 17.1. The molecule has 0 bridgehead atoms. The molecule has 0 aromatic carbocycles. The van der Waals surface area contributed by atoms with Crippen LogP contribution in [0.5, 0.6) is 0 Å². The quantitative estimate of drug-likeness (QED) is 0.750. The van der Waals surface area contributed by atoms with E-state index in [4.69, 9.17) is 17.3 Å². The highest BCUT2D eigenvalue weighted by Gasteiger charge is 2.57. The second-order valence-corrected chi connectivity index (χ2v) is 8.94. The van der Waals surface area contributed by atoms with Crippen LogP contribution in [0, 0.1) is 5.41 Å². The second kappa shape index (κ2) is 8.11. The van der Waals surface area contributed by atoms with Gasteiger partial charge in [-0.1, -0.05) is 51.3 Å². The molecule has 29 heavy (non-hydrogen) atoms. The molecule has 0 radical (unpaired) electrons. The van der Waals surface area contributed by atoms with E-state index in [1.807, 2.05) is 26.8 Å². The normalized spacial score (nSPS) is 17.0. The van der Waals surface area contributed by atoms with Gasteiger partial charge in [0, 0.05) is 30.2 Å². The van der Waals surface area contributed by atoms with Gasteiger partial charge in [-0.2, -0.15) is 0 Å². The molecule has 0 spiro atoms. The molecule has 2 amide bonds. The molecular formula is C22H27ClN4O2. The van der Waals surface area contributed by atoms with Gasteiger partial charge in [-0.05, 0) is 36.5 Å². The van der Waals surface area contributed by atoms with Crippen LogP contribution in [0.4, 0.5) is 0 Å². The third-order valence-electron chi connectivity index (χ3n) is 5.77. The molecule has 3 rings (SSSR count). The van der Waals surface area contributed by atoms with Crippen molar-refractivity contribution in [2.24, 2.45) is 11.1 Å². The summed E-state index contributed by atoms with van der Waals surface area (Å²) in [4.78, 5) is 37.0. The van der Waals surface area contributed by atoms with Crippen molar-refractivity contribution < 1.29 is 9.59 Å². The van der Waals surface area contributed by atoms with Gasteiger partial charge in [0.1, 0.15) is 5.15 Å². The maximum atomic E-state index is 13.8. The highest BCUT2D eigenvalue weighted by Crippen LogP contribution is 2.48. The smallest absolute Gasteiger partial charge is 0.256 e.